The number of likely N-dealkylation sites (N-methyl/N-ethyl adjacent to an activating group) is 1. The molecule has 2 aliphatic carbocycles. The van der Waals surface area contributed by atoms with Crippen LogP contribution in [0.3, 0.4) is 0 Å². The average molecular weight is 237 g/mol. The van der Waals surface area contributed by atoms with Crippen LogP contribution in [-0.4, -0.2) is 62.2 Å². The first-order valence-corrected chi connectivity index (χ1v) is 7.47. The second-order valence-electron chi connectivity index (χ2n) is 6.30. The zero-order chi connectivity index (χ0) is 11.7. The molecule has 3 nitrogen and oxygen atoms in total. The molecule has 98 valence electrons. The third kappa shape index (κ3) is 3.01. The van der Waals surface area contributed by atoms with Gasteiger partial charge in [0.05, 0.1) is 0 Å². The van der Waals surface area contributed by atoms with E-state index in [-0.39, 0.29) is 0 Å². The quantitative estimate of drug-likeness (QED) is 0.720. The van der Waals surface area contributed by atoms with Gasteiger partial charge in [-0.1, -0.05) is 0 Å². The summed E-state index contributed by atoms with van der Waals surface area (Å²) >= 11 is 0. The van der Waals surface area contributed by atoms with Crippen molar-refractivity contribution < 1.29 is 0 Å². The number of hydrogen-bond donors (Lipinski definition) is 1. The summed E-state index contributed by atoms with van der Waals surface area (Å²) in [5, 5.41) is 3.78. The average Bonchev–Trinajstić information content (AvgIpc) is 3.02. The highest BCUT2D eigenvalue weighted by Crippen LogP contribution is 2.51. The first-order chi connectivity index (χ1) is 8.33. The summed E-state index contributed by atoms with van der Waals surface area (Å²) < 4.78 is 0. The second kappa shape index (κ2) is 5.25. The molecule has 17 heavy (non-hydrogen) atoms. The monoisotopic (exact) mass is 237 g/mol. The van der Waals surface area contributed by atoms with Gasteiger partial charge in [0.25, 0.3) is 0 Å². The topological polar surface area (TPSA) is 18.5 Å². The van der Waals surface area contributed by atoms with Gasteiger partial charge < -0.3 is 15.1 Å². The molecule has 0 aromatic rings. The van der Waals surface area contributed by atoms with Crippen molar-refractivity contribution in [3.8, 4) is 0 Å². The van der Waals surface area contributed by atoms with Crippen molar-refractivity contribution in [1.29, 1.82) is 0 Å². The molecule has 3 aliphatic rings. The van der Waals surface area contributed by atoms with Crippen molar-refractivity contribution in [3.63, 3.8) is 0 Å². The van der Waals surface area contributed by atoms with Crippen LogP contribution in [0.5, 0.6) is 0 Å². The van der Waals surface area contributed by atoms with E-state index in [0.717, 1.165) is 17.9 Å². The van der Waals surface area contributed by atoms with E-state index >= 15 is 0 Å². The Kier molecular flexibility index (Phi) is 3.69. The van der Waals surface area contributed by atoms with E-state index in [1.807, 2.05) is 0 Å². The number of nitrogens with zero attached hydrogens (tertiary/aromatic N) is 2. The zero-order valence-electron chi connectivity index (χ0n) is 11.2. The predicted octanol–water partition coefficient (Wildman–Crippen LogP) is 1.01. The van der Waals surface area contributed by atoms with Gasteiger partial charge in [0, 0.05) is 32.2 Å². The van der Waals surface area contributed by atoms with Gasteiger partial charge >= 0.3 is 0 Å². The summed E-state index contributed by atoms with van der Waals surface area (Å²) in [4.78, 5) is 5.05. The standard InChI is InChI=1S/C14H27N3/c1-16-7-9-17(10-8-16)6-2-5-15-14-4-3-12-11-13(12)14/h12-15H,2-11H2,1H3. The summed E-state index contributed by atoms with van der Waals surface area (Å²) in [6, 6.07) is 0.882. The van der Waals surface area contributed by atoms with E-state index in [1.54, 1.807) is 0 Å². The number of hydrogen-bond acceptors (Lipinski definition) is 3. The molecular weight excluding hydrogens is 210 g/mol. The smallest absolute Gasteiger partial charge is 0.0110 e. The summed E-state index contributed by atoms with van der Waals surface area (Å²) in [5.41, 5.74) is 0. The molecule has 0 aromatic heterocycles. The molecule has 1 aliphatic heterocycles. The van der Waals surface area contributed by atoms with Gasteiger partial charge in [0.2, 0.25) is 0 Å². The minimum Gasteiger partial charge on any atom is -0.314 e. The lowest BCUT2D eigenvalue weighted by Gasteiger charge is -2.32. The summed E-state index contributed by atoms with van der Waals surface area (Å²) in [5.74, 6) is 2.18. The molecule has 3 rings (SSSR count). The van der Waals surface area contributed by atoms with Crippen LogP contribution in [0.4, 0.5) is 0 Å². The highest BCUT2D eigenvalue weighted by atomic mass is 15.2. The second-order valence-corrected chi connectivity index (χ2v) is 6.30. The summed E-state index contributed by atoms with van der Waals surface area (Å²) in [7, 11) is 2.23. The maximum Gasteiger partial charge on any atom is 0.0110 e. The van der Waals surface area contributed by atoms with Crippen LogP contribution in [0, 0.1) is 11.8 Å². The van der Waals surface area contributed by atoms with Crippen LogP contribution in [0.15, 0.2) is 0 Å². The number of nitrogens with one attached hydrogen (secondary N) is 1. The highest BCUT2D eigenvalue weighted by Gasteiger charge is 2.47. The molecule has 3 fully saturated rings. The number of fused-ring (bicyclic) bond motifs is 1. The molecule has 3 unspecified atom stereocenters. The van der Waals surface area contributed by atoms with Crippen LogP contribution < -0.4 is 5.32 Å². The van der Waals surface area contributed by atoms with Gasteiger partial charge in [-0.15, -0.1) is 0 Å². The Morgan fingerprint density at radius 3 is 2.59 bits per heavy atom. The van der Waals surface area contributed by atoms with E-state index in [9.17, 15) is 0 Å². The van der Waals surface area contributed by atoms with Gasteiger partial charge in [0.1, 0.15) is 0 Å². The lowest BCUT2D eigenvalue weighted by atomic mass is 10.1. The lowest BCUT2D eigenvalue weighted by Crippen LogP contribution is -2.45. The molecule has 0 bridgehead atoms. The van der Waals surface area contributed by atoms with E-state index in [1.165, 1.54) is 65.0 Å². The summed E-state index contributed by atoms with van der Waals surface area (Å²) in [6.07, 6.45) is 5.80. The first-order valence-electron chi connectivity index (χ1n) is 7.47. The summed E-state index contributed by atoms with van der Waals surface area (Å²) in [6.45, 7) is 7.57. The Morgan fingerprint density at radius 1 is 1.12 bits per heavy atom. The molecule has 0 spiro atoms. The Balaban J connectivity index is 1.25. The van der Waals surface area contributed by atoms with Crippen LogP contribution in [0.25, 0.3) is 0 Å². The van der Waals surface area contributed by atoms with Gasteiger partial charge in [-0.05, 0) is 57.7 Å². The third-order valence-corrected chi connectivity index (χ3v) is 5.00. The Morgan fingerprint density at radius 2 is 1.94 bits per heavy atom. The SMILES string of the molecule is CN1CCN(CCCNC2CCC3CC32)CC1. The molecule has 1 heterocycles. The van der Waals surface area contributed by atoms with Crippen molar-refractivity contribution in [2.24, 2.45) is 11.8 Å². The van der Waals surface area contributed by atoms with Crippen molar-refractivity contribution in [3.05, 3.63) is 0 Å². The van der Waals surface area contributed by atoms with Gasteiger partial charge in [-0.25, -0.2) is 0 Å². The Hall–Kier alpha value is -0.120. The first kappa shape index (κ1) is 11.9. The van der Waals surface area contributed by atoms with Crippen LogP contribution >= 0.6 is 0 Å². The molecule has 0 radical (unpaired) electrons. The van der Waals surface area contributed by atoms with E-state index in [0.29, 0.717) is 0 Å². The fraction of sp³-hybridized carbons (Fsp3) is 1.00. The minimum atomic E-state index is 0.882. The van der Waals surface area contributed by atoms with Gasteiger partial charge in [-0.3, -0.25) is 0 Å². The van der Waals surface area contributed by atoms with Crippen LogP contribution in [0.1, 0.15) is 25.7 Å². The Bertz CT molecular complexity index is 248. The van der Waals surface area contributed by atoms with Crippen LogP contribution in [0.2, 0.25) is 0 Å². The molecule has 2 saturated carbocycles. The maximum absolute atomic E-state index is 3.78. The van der Waals surface area contributed by atoms with E-state index < -0.39 is 0 Å². The van der Waals surface area contributed by atoms with Gasteiger partial charge in [0.15, 0.2) is 0 Å². The van der Waals surface area contributed by atoms with E-state index in [4.69, 9.17) is 0 Å². The Labute approximate surface area is 106 Å². The fourth-order valence-electron chi connectivity index (χ4n) is 3.62. The highest BCUT2D eigenvalue weighted by molar-refractivity contribution is 5.01. The molecule has 0 amide bonds. The molecular formula is C14H27N3. The molecule has 1 saturated heterocycles. The van der Waals surface area contributed by atoms with Crippen molar-refractivity contribution >= 4 is 0 Å². The van der Waals surface area contributed by atoms with Crippen molar-refractivity contribution in [1.82, 2.24) is 15.1 Å². The zero-order valence-corrected chi connectivity index (χ0v) is 11.2. The largest absolute Gasteiger partial charge is 0.314 e. The molecule has 0 aromatic carbocycles. The number of piperazine rings is 1. The third-order valence-electron chi connectivity index (χ3n) is 5.00. The maximum atomic E-state index is 3.78. The lowest BCUT2D eigenvalue weighted by molar-refractivity contribution is 0.152. The number of rotatable bonds is 5. The normalized spacial score (nSPS) is 38.3. The van der Waals surface area contributed by atoms with Crippen molar-refractivity contribution in [2.75, 3.05) is 46.3 Å². The van der Waals surface area contributed by atoms with Crippen molar-refractivity contribution in [2.45, 2.75) is 31.7 Å². The molecule has 3 atom stereocenters. The molecule has 3 heteroatoms. The van der Waals surface area contributed by atoms with Gasteiger partial charge in [-0.2, -0.15) is 0 Å². The predicted molar refractivity (Wildman–Crippen MR) is 71.2 cm³/mol. The van der Waals surface area contributed by atoms with Crippen LogP contribution in [-0.2, 0) is 0 Å². The van der Waals surface area contributed by atoms with E-state index in [2.05, 4.69) is 22.2 Å². The fourth-order valence-corrected chi connectivity index (χ4v) is 3.62. The molecule has 1 N–H and O–H groups in total. The minimum absolute atomic E-state index is 0.882.